The van der Waals surface area contributed by atoms with Crippen LogP contribution in [0.15, 0.2) is 71.5 Å². The van der Waals surface area contributed by atoms with E-state index in [0.29, 0.717) is 22.3 Å². The first kappa shape index (κ1) is 16.3. The number of carbonyl (C=O) groups excluding carboxylic acids is 1. The van der Waals surface area contributed by atoms with Crippen molar-refractivity contribution in [3.8, 4) is 16.9 Å². The maximum atomic E-state index is 13.0. The minimum atomic E-state index is -0.236. The molecule has 0 fully saturated rings. The molecule has 0 saturated carbocycles. The van der Waals surface area contributed by atoms with Crippen molar-refractivity contribution in [3.63, 3.8) is 0 Å². The van der Waals surface area contributed by atoms with Crippen LogP contribution in [0.1, 0.15) is 15.9 Å². The lowest BCUT2D eigenvalue weighted by Gasteiger charge is -2.22. The van der Waals surface area contributed by atoms with Crippen LogP contribution in [0.3, 0.4) is 0 Å². The second kappa shape index (κ2) is 6.09. The first-order valence-electron chi connectivity index (χ1n) is 8.91. The number of rotatable bonds is 3. The summed E-state index contributed by atoms with van der Waals surface area (Å²) < 4.78 is 5.20. The fourth-order valence-corrected chi connectivity index (χ4v) is 3.79. The van der Waals surface area contributed by atoms with Gasteiger partial charge in [0.1, 0.15) is 11.4 Å². The van der Waals surface area contributed by atoms with Crippen LogP contribution in [0.5, 0.6) is 5.75 Å². The van der Waals surface area contributed by atoms with Gasteiger partial charge < -0.3 is 15.0 Å². The first-order chi connectivity index (χ1) is 13.7. The van der Waals surface area contributed by atoms with Gasteiger partial charge in [0.15, 0.2) is 5.78 Å². The largest absolute Gasteiger partial charge is 0.497 e. The van der Waals surface area contributed by atoms with Gasteiger partial charge in [-0.05, 0) is 35.9 Å². The number of H-pyrrole nitrogens is 1. The number of benzene rings is 3. The third-order valence-electron chi connectivity index (χ3n) is 5.08. The van der Waals surface area contributed by atoms with E-state index in [4.69, 9.17) is 4.74 Å². The van der Waals surface area contributed by atoms with Gasteiger partial charge >= 0.3 is 0 Å². The number of methoxy groups -OCH3 is 1. The van der Waals surface area contributed by atoms with Crippen molar-refractivity contribution in [3.05, 3.63) is 88.2 Å². The van der Waals surface area contributed by atoms with Crippen LogP contribution >= 0.6 is 0 Å². The van der Waals surface area contributed by atoms with E-state index in [9.17, 15) is 9.59 Å². The zero-order chi connectivity index (χ0) is 19.3. The lowest BCUT2D eigenvalue weighted by molar-refractivity contribution is 0.104. The number of ether oxygens (including phenoxy) is 1. The van der Waals surface area contributed by atoms with Crippen molar-refractivity contribution in [1.82, 2.24) is 4.98 Å². The molecular weight excluding hydrogens is 352 g/mol. The molecule has 0 radical (unpaired) electrons. The summed E-state index contributed by atoms with van der Waals surface area (Å²) in [7, 11) is 1.61. The van der Waals surface area contributed by atoms with Crippen molar-refractivity contribution < 1.29 is 9.53 Å². The van der Waals surface area contributed by atoms with E-state index in [0.717, 1.165) is 28.0 Å². The molecule has 5 rings (SSSR count). The smallest absolute Gasteiger partial charge is 0.272 e. The Bertz CT molecular complexity index is 1300. The molecule has 0 spiro atoms. The fourth-order valence-electron chi connectivity index (χ4n) is 3.79. The molecule has 1 heterocycles. The van der Waals surface area contributed by atoms with Crippen LogP contribution in [0.2, 0.25) is 0 Å². The Balaban J connectivity index is 1.81. The lowest BCUT2D eigenvalue weighted by atomic mass is 9.83. The average molecular weight is 368 g/mol. The number of aromatic amines is 1. The summed E-state index contributed by atoms with van der Waals surface area (Å²) in [5.74, 6) is 0.702. The number of carbonyl (C=O) groups is 1. The van der Waals surface area contributed by atoms with Crippen molar-refractivity contribution in [2.45, 2.75) is 0 Å². The van der Waals surface area contributed by atoms with Crippen molar-refractivity contribution in [1.29, 1.82) is 0 Å². The number of fused-ring (bicyclic) bond motifs is 2. The van der Waals surface area contributed by atoms with Gasteiger partial charge in [0.25, 0.3) is 5.56 Å². The molecule has 5 nitrogen and oxygen atoms in total. The van der Waals surface area contributed by atoms with Gasteiger partial charge in [0.05, 0.1) is 7.11 Å². The minimum Gasteiger partial charge on any atom is -0.497 e. The van der Waals surface area contributed by atoms with Crippen molar-refractivity contribution in [2.24, 2.45) is 0 Å². The van der Waals surface area contributed by atoms with E-state index in [1.165, 1.54) is 0 Å². The maximum Gasteiger partial charge on any atom is 0.272 e. The Morgan fingerprint density at radius 1 is 0.821 bits per heavy atom. The number of pyridine rings is 1. The van der Waals surface area contributed by atoms with E-state index in [-0.39, 0.29) is 11.3 Å². The number of nitrogens with one attached hydrogen (secondary N) is 2. The topological polar surface area (TPSA) is 71.2 Å². The highest BCUT2D eigenvalue weighted by molar-refractivity contribution is 6.26. The molecule has 1 aliphatic carbocycles. The second-order valence-electron chi connectivity index (χ2n) is 6.66. The summed E-state index contributed by atoms with van der Waals surface area (Å²) in [6.07, 6.45) is 0. The number of hydrogen-bond donors (Lipinski definition) is 2. The lowest BCUT2D eigenvalue weighted by Crippen LogP contribution is -2.18. The second-order valence-corrected chi connectivity index (χ2v) is 6.66. The Hall–Kier alpha value is -3.86. The summed E-state index contributed by atoms with van der Waals surface area (Å²) in [5.41, 5.74) is 4.31. The van der Waals surface area contributed by atoms with E-state index in [1.54, 1.807) is 25.3 Å². The maximum absolute atomic E-state index is 13.0. The zero-order valence-corrected chi connectivity index (χ0v) is 15.1. The first-order valence-corrected chi connectivity index (χ1v) is 8.91. The van der Waals surface area contributed by atoms with E-state index >= 15 is 0 Å². The summed E-state index contributed by atoms with van der Waals surface area (Å²) in [6.45, 7) is 0. The van der Waals surface area contributed by atoms with Crippen LogP contribution in [-0.2, 0) is 0 Å². The summed E-state index contributed by atoms with van der Waals surface area (Å²) in [5, 5.41) is 4.01. The Labute approximate surface area is 160 Å². The Kier molecular flexibility index (Phi) is 3.55. The number of aromatic nitrogens is 1. The molecule has 28 heavy (non-hydrogen) atoms. The summed E-state index contributed by atoms with van der Waals surface area (Å²) >= 11 is 0. The monoisotopic (exact) mass is 368 g/mol. The summed E-state index contributed by atoms with van der Waals surface area (Å²) in [6, 6.07) is 20.2. The van der Waals surface area contributed by atoms with E-state index < -0.39 is 0 Å². The molecule has 4 aromatic rings. The Morgan fingerprint density at radius 3 is 2.29 bits per heavy atom. The van der Waals surface area contributed by atoms with Crippen molar-refractivity contribution >= 4 is 28.1 Å². The molecule has 1 aliphatic rings. The van der Waals surface area contributed by atoms with E-state index in [1.807, 2.05) is 48.5 Å². The normalized spacial score (nSPS) is 12.0. The van der Waals surface area contributed by atoms with Crippen LogP contribution < -0.4 is 15.6 Å². The fraction of sp³-hybridized carbons (Fsp3) is 0.0435. The SMILES string of the molecule is COc1ccc(Nc2c3c4c(cccc4[nH]c2=O)C(=O)c2ccccc2-3)cc1. The number of hydrogen-bond acceptors (Lipinski definition) is 4. The minimum absolute atomic E-state index is 0.0313. The molecule has 2 N–H and O–H groups in total. The van der Waals surface area contributed by atoms with Gasteiger partial charge in [0.2, 0.25) is 0 Å². The Morgan fingerprint density at radius 2 is 1.54 bits per heavy atom. The molecule has 0 unspecified atom stereocenters. The average Bonchev–Trinajstić information content (AvgIpc) is 2.73. The number of anilines is 2. The highest BCUT2D eigenvalue weighted by atomic mass is 16.5. The van der Waals surface area contributed by atoms with Gasteiger partial charge in [0, 0.05) is 33.3 Å². The summed E-state index contributed by atoms with van der Waals surface area (Å²) in [4.78, 5) is 28.8. The van der Waals surface area contributed by atoms with Crippen molar-refractivity contribution in [2.75, 3.05) is 12.4 Å². The molecule has 5 heteroatoms. The molecular formula is C23H16N2O3. The quantitative estimate of drug-likeness (QED) is 0.492. The molecule has 0 amide bonds. The molecule has 1 aromatic heterocycles. The van der Waals surface area contributed by atoms with Crippen LogP contribution in [0, 0.1) is 0 Å². The zero-order valence-electron chi connectivity index (χ0n) is 15.1. The van der Waals surface area contributed by atoms with E-state index in [2.05, 4.69) is 10.3 Å². The third kappa shape index (κ3) is 2.33. The van der Waals surface area contributed by atoms with Crippen LogP contribution in [0.4, 0.5) is 11.4 Å². The van der Waals surface area contributed by atoms with Gasteiger partial charge in [-0.25, -0.2) is 0 Å². The number of ketones is 1. The third-order valence-corrected chi connectivity index (χ3v) is 5.08. The molecule has 0 bridgehead atoms. The van der Waals surface area contributed by atoms with Gasteiger partial charge in [-0.3, -0.25) is 9.59 Å². The molecule has 0 atom stereocenters. The molecule has 0 saturated heterocycles. The predicted molar refractivity (Wildman–Crippen MR) is 110 cm³/mol. The van der Waals surface area contributed by atoms with Gasteiger partial charge in [-0.15, -0.1) is 0 Å². The molecule has 136 valence electrons. The highest BCUT2D eigenvalue weighted by Gasteiger charge is 2.28. The van der Waals surface area contributed by atoms with Gasteiger partial charge in [-0.1, -0.05) is 36.4 Å². The van der Waals surface area contributed by atoms with Gasteiger partial charge in [-0.2, -0.15) is 0 Å². The highest BCUT2D eigenvalue weighted by Crippen LogP contribution is 2.42. The predicted octanol–water partition coefficient (Wildman–Crippen LogP) is 4.49. The molecule has 0 aliphatic heterocycles. The van der Waals surface area contributed by atoms with Crippen LogP contribution in [0.25, 0.3) is 22.0 Å². The molecule has 3 aromatic carbocycles. The standard InChI is InChI=1S/C23H16N2O3/c1-28-14-11-9-13(10-12-14)24-21-20-15-5-2-3-6-16(15)22(26)17-7-4-8-18(19(17)20)25-23(21)27/h2-12,24H,1H3,(H,25,27). The van der Waals surface area contributed by atoms with Crippen LogP contribution in [-0.4, -0.2) is 17.9 Å².